The molecule has 1 aromatic heterocycles. The van der Waals surface area contributed by atoms with Crippen LogP contribution in [0.15, 0.2) is 41.1 Å². The van der Waals surface area contributed by atoms with E-state index in [0.29, 0.717) is 29.1 Å². The average molecular weight is 370 g/mol. The predicted molar refractivity (Wildman–Crippen MR) is 92.8 cm³/mol. The number of benzene rings is 1. The molecular weight excluding hydrogens is 354 g/mol. The minimum Gasteiger partial charge on any atom is -0.338 e. The molecule has 2 heterocycles. The Labute approximate surface area is 144 Å². The van der Waals surface area contributed by atoms with E-state index in [1.165, 1.54) is 11.3 Å². The molecule has 122 valence electrons. The second-order valence-electron chi connectivity index (χ2n) is 5.47. The summed E-state index contributed by atoms with van der Waals surface area (Å²) in [4.78, 5) is 14.1. The maximum atomic E-state index is 12.6. The van der Waals surface area contributed by atoms with Crippen molar-refractivity contribution >= 4 is 38.7 Å². The molecule has 1 fully saturated rings. The zero-order chi connectivity index (χ0) is 16.4. The predicted octanol–water partition coefficient (Wildman–Crippen LogP) is 3.40. The fourth-order valence-corrected chi connectivity index (χ4v) is 5.58. The normalized spacial score (nSPS) is 20.9. The molecule has 0 bridgehead atoms. The van der Waals surface area contributed by atoms with Crippen molar-refractivity contribution < 1.29 is 13.2 Å². The molecule has 1 unspecified atom stereocenters. The molecule has 1 aliphatic rings. The molecule has 1 atom stereocenters. The van der Waals surface area contributed by atoms with E-state index < -0.39 is 15.1 Å². The van der Waals surface area contributed by atoms with Gasteiger partial charge in [-0.3, -0.25) is 4.79 Å². The van der Waals surface area contributed by atoms with E-state index in [9.17, 15) is 13.2 Å². The number of hydrogen-bond acceptors (Lipinski definition) is 4. The summed E-state index contributed by atoms with van der Waals surface area (Å²) in [5.41, 5.74) is 1.24. The van der Waals surface area contributed by atoms with Gasteiger partial charge in [0.15, 0.2) is 9.84 Å². The minimum absolute atomic E-state index is 0.0429. The van der Waals surface area contributed by atoms with Crippen molar-refractivity contribution in [3.05, 3.63) is 57.2 Å². The number of carbonyl (C=O) groups excluding carboxylic acids is 1. The summed E-state index contributed by atoms with van der Waals surface area (Å²) in [7, 11) is -3.35. The molecule has 4 nitrogen and oxygen atoms in total. The Morgan fingerprint density at radius 1 is 1.22 bits per heavy atom. The van der Waals surface area contributed by atoms with Gasteiger partial charge in [-0.1, -0.05) is 29.8 Å². The first-order valence-corrected chi connectivity index (χ1v) is 10.3. The molecule has 0 radical (unpaired) electrons. The fourth-order valence-electron chi connectivity index (χ4n) is 2.80. The van der Waals surface area contributed by atoms with Gasteiger partial charge in [0.05, 0.1) is 16.6 Å². The molecule has 1 amide bonds. The van der Waals surface area contributed by atoms with E-state index in [1.54, 1.807) is 40.6 Å². The summed E-state index contributed by atoms with van der Waals surface area (Å²) < 4.78 is 25.2. The third kappa shape index (κ3) is 3.44. The monoisotopic (exact) mass is 369 g/mol. The Hall–Kier alpha value is -1.37. The van der Waals surface area contributed by atoms with Gasteiger partial charge in [-0.05, 0) is 29.5 Å². The maximum absolute atomic E-state index is 12.6. The molecule has 0 saturated carbocycles. The highest BCUT2D eigenvalue weighted by atomic mass is 35.5. The van der Waals surface area contributed by atoms with Gasteiger partial charge in [0.25, 0.3) is 5.91 Å². The molecule has 7 heteroatoms. The summed E-state index contributed by atoms with van der Waals surface area (Å²) in [6.07, 6.45) is 0.363. The van der Waals surface area contributed by atoms with Crippen LogP contribution in [-0.4, -0.2) is 38.1 Å². The number of amides is 1. The van der Waals surface area contributed by atoms with Gasteiger partial charge in [-0.15, -0.1) is 0 Å². The van der Waals surface area contributed by atoms with E-state index in [4.69, 9.17) is 11.6 Å². The van der Waals surface area contributed by atoms with E-state index in [1.807, 2.05) is 5.38 Å². The molecular formula is C16H16ClNO3S2. The van der Waals surface area contributed by atoms with E-state index in [0.717, 1.165) is 0 Å². The lowest BCUT2D eigenvalue weighted by Gasteiger charge is -2.19. The lowest BCUT2D eigenvalue weighted by Crippen LogP contribution is -2.33. The number of sulfone groups is 1. The van der Waals surface area contributed by atoms with Crippen LogP contribution >= 0.6 is 22.9 Å². The molecule has 0 spiro atoms. The van der Waals surface area contributed by atoms with Crippen LogP contribution in [-0.2, 0) is 9.84 Å². The van der Waals surface area contributed by atoms with Crippen molar-refractivity contribution in [2.75, 3.05) is 18.8 Å². The first kappa shape index (κ1) is 16.5. The van der Waals surface area contributed by atoms with Crippen LogP contribution < -0.4 is 0 Å². The Bertz CT molecular complexity index is 802. The van der Waals surface area contributed by atoms with Crippen LogP contribution in [0.2, 0.25) is 5.02 Å². The number of nitrogens with zero attached hydrogens (tertiary/aromatic N) is 1. The van der Waals surface area contributed by atoms with Crippen molar-refractivity contribution in [2.45, 2.75) is 11.7 Å². The van der Waals surface area contributed by atoms with Gasteiger partial charge >= 0.3 is 0 Å². The van der Waals surface area contributed by atoms with Crippen LogP contribution in [0, 0.1) is 0 Å². The standard InChI is InChI=1S/C16H16ClNO3S2/c17-14-4-2-1-3-13(14)15-5-7-18(8-10-23(15,20)21)16(19)12-6-9-22-11-12/h1-4,6,9,11,15H,5,7-8,10H2. The Balaban J connectivity index is 1.86. The number of carbonyl (C=O) groups is 1. The van der Waals surface area contributed by atoms with Crippen LogP contribution in [0.3, 0.4) is 0 Å². The number of thiophene rings is 1. The summed E-state index contributed by atoms with van der Waals surface area (Å²) in [6, 6.07) is 8.78. The van der Waals surface area contributed by atoms with E-state index in [-0.39, 0.29) is 18.2 Å². The third-order valence-electron chi connectivity index (χ3n) is 4.05. The summed E-state index contributed by atoms with van der Waals surface area (Å²) >= 11 is 7.63. The zero-order valence-electron chi connectivity index (χ0n) is 12.3. The second-order valence-corrected chi connectivity index (χ2v) is 8.96. The number of halogens is 1. The Kier molecular flexibility index (Phi) is 4.75. The molecule has 1 saturated heterocycles. The highest BCUT2D eigenvalue weighted by Gasteiger charge is 2.33. The molecule has 1 aliphatic heterocycles. The zero-order valence-corrected chi connectivity index (χ0v) is 14.7. The molecule has 2 aromatic rings. The second kappa shape index (κ2) is 6.63. The van der Waals surface area contributed by atoms with Crippen molar-refractivity contribution in [3.63, 3.8) is 0 Å². The van der Waals surface area contributed by atoms with Crippen molar-refractivity contribution in [1.82, 2.24) is 4.90 Å². The van der Waals surface area contributed by atoms with Gasteiger partial charge in [0.1, 0.15) is 0 Å². The molecule has 1 aromatic carbocycles. The van der Waals surface area contributed by atoms with Crippen molar-refractivity contribution in [2.24, 2.45) is 0 Å². The molecule has 23 heavy (non-hydrogen) atoms. The maximum Gasteiger partial charge on any atom is 0.254 e. The first-order valence-electron chi connectivity index (χ1n) is 7.26. The van der Waals surface area contributed by atoms with Crippen LogP contribution in [0.25, 0.3) is 0 Å². The largest absolute Gasteiger partial charge is 0.338 e. The first-order chi connectivity index (χ1) is 11.0. The van der Waals surface area contributed by atoms with Gasteiger partial charge in [-0.25, -0.2) is 8.42 Å². The van der Waals surface area contributed by atoms with Gasteiger partial charge in [0, 0.05) is 23.5 Å². The number of hydrogen-bond donors (Lipinski definition) is 0. The fraction of sp³-hybridized carbons (Fsp3) is 0.312. The highest BCUT2D eigenvalue weighted by molar-refractivity contribution is 7.91. The lowest BCUT2D eigenvalue weighted by atomic mass is 10.1. The van der Waals surface area contributed by atoms with Gasteiger partial charge in [0.2, 0.25) is 0 Å². The van der Waals surface area contributed by atoms with Crippen molar-refractivity contribution in [1.29, 1.82) is 0 Å². The summed E-state index contributed by atoms with van der Waals surface area (Å²) in [6.45, 7) is 0.627. The molecule has 0 aliphatic carbocycles. The van der Waals surface area contributed by atoms with Gasteiger partial charge in [-0.2, -0.15) is 11.3 Å². The Morgan fingerprint density at radius 2 is 2.00 bits per heavy atom. The van der Waals surface area contributed by atoms with Crippen molar-refractivity contribution in [3.8, 4) is 0 Å². The molecule has 0 N–H and O–H groups in total. The summed E-state index contributed by atoms with van der Waals surface area (Å²) in [5, 5.41) is 3.43. The smallest absolute Gasteiger partial charge is 0.254 e. The van der Waals surface area contributed by atoms with E-state index in [2.05, 4.69) is 0 Å². The SMILES string of the molecule is O=C(c1ccsc1)N1CCC(c2ccccc2Cl)S(=O)(=O)CC1. The van der Waals surface area contributed by atoms with Crippen LogP contribution in [0.1, 0.15) is 27.6 Å². The minimum atomic E-state index is -3.35. The van der Waals surface area contributed by atoms with Gasteiger partial charge < -0.3 is 4.90 Å². The highest BCUT2D eigenvalue weighted by Crippen LogP contribution is 2.34. The Morgan fingerprint density at radius 3 is 2.70 bits per heavy atom. The van der Waals surface area contributed by atoms with E-state index >= 15 is 0 Å². The number of rotatable bonds is 2. The third-order valence-corrected chi connectivity index (χ3v) is 7.18. The quantitative estimate of drug-likeness (QED) is 0.815. The van der Waals surface area contributed by atoms with Crippen LogP contribution in [0.5, 0.6) is 0 Å². The van der Waals surface area contributed by atoms with Crippen LogP contribution in [0.4, 0.5) is 0 Å². The topological polar surface area (TPSA) is 54.5 Å². The summed E-state index contributed by atoms with van der Waals surface area (Å²) in [5.74, 6) is -0.153. The molecule has 3 rings (SSSR count). The lowest BCUT2D eigenvalue weighted by molar-refractivity contribution is 0.0767. The average Bonchev–Trinajstić information content (AvgIpc) is 3.00.